The van der Waals surface area contributed by atoms with Crippen molar-refractivity contribution in [2.24, 2.45) is 0 Å². The summed E-state index contributed by atoms with van der Waals surface area (Å²) >= 11 is 5.80. The van der Waals surface area contributed by atoms with Gasteiger partial charge in [-0.05, 0) is 35.7 Å². The Bertz CT molecular complexity index is 684. The summed E-state index contributed by atoms with van der Waals surface area (Å²) < 4.78 is 0. The van der Waals surface area contributed by atoms with Gasteiger partial charge in [-0.25, -0.2) is 0 Å². The molecular weight excluding hydrogens is 312 g/mol. The topological polar surface area (TPSA) is 58.2 Å². The lowest BCUT2D eigenvalue weighted by molar-refractivity contribution is -0.123. The van der Waals surface area contributed by atoms with Gasteiger partial charge in [0.1, 0.15) is 0 Å². The van der Waals surface area contributed by atoms with E-state index in [1.807, 2.05) is 31.2 Å². The minimum absolute atomic E-state index is 0.0511. The van der Waals surface area contributed by atoms with Crippen LogP contribution in [0.2, 0.25) is 5.02 Å². The van der Waals surface area contributed by atoms with E-state index in [1.54, 1.807) is 24.3 Å². The number of rotatable bonds is 6. The molecule has 0 bridgehead atoms. The number of carbonyl (C=O) groups is 2. The van der Waals surface area contributed by atoms with Crippen molar-refractivity contribution in [2.45, 2.75) is 19.8 Å². The third kappa shape index (κ3) is 5.42. The zero-order chi connectivity index (χ0) is 16.7. The first-order valence-corrected chi connectivity index (χ1v) is 7.85. The van der Waals surface area contributed by atoms with Crippen LogP contribution in [0.4, 0.5) is 5.69 Å². The van der Waals surface area contributed by atoms with E-state index < -0.39 is 0 Å². The molecule has 4 nitrogen and oxygen atoms in total. The fraction of sp³-hybridized carbons (Fsp3) is 0.222. The van der Waals surface area contributed by atoms with Crippen LogP contribution in [0.5, 0.6) is 0 Å². The zero-order valence-corrected chi connectivity index (χ0v) is 13.7. The van der Waals surface area contributed by atoms with Gasteiger partial charge in [-0.2, -0.15) is 0 Å². The summed E-state index contributed by atoms with van der Waals surface area (Å²) in [5.74, 6) is -0.443. The predicted molar refractivity (Wildman–Crippen MR) is 92.6 cm³/mol. The number of hydrogen-bond donors (Lipinski definition) is 2. The Hall–Kier alpha value is -2.33. The molecular formula is C18H19ClN2O2. The molecule has 5 heteroatoms. The van der Waals surface area contributed by atoms with Gasteiger partial charge in [-0.3, -0.25) is 9.59 Å². The molecule has 0 spiro atoms. The fourth-order valence-corrected chi connectivity index (χ4v) is 2.30. The second-order valence-corrected chi connectivity index (χ2v) is 5.58. The maximum Gasteiger partial charge on any atom is 0.243 e. The largest absolute Gasteiger partial charge is 0.347 e. The Labute approximate surface area is 140 Å². The van der Waals surface area contributed by atoms with Crippen molar-refractivity contribution in [2.75, 3.05) is 11.9 Å². The van der Waals surface area contributed by atoms with E-state index in [0.717, 1.165) is 23.2 Å². The Morgan fingerprint density at radius 2 is 1.70 bits per heavy atom. The van der Waals surface area contributed by atoms with Crippen LogP contribution in [0.3, 0.4) is 0 Å². The molecule has 0 unspecified atom stereocenters. The number of hydrogen-bond acceptors (Lipinski definition) is 2. The number of benzene rings is 2. The Morgan fingerprint density at radius 3 is 2.39 bits per heavy atom. The minimum Gasteiger partial charge on any atom is -0.347 e. The normalized spacial score (nSPS) is 10.2. The lowest BCUT2D eigenvalue weighted by atomic mass is 10.1. The van der Waals surface area contributed by atoms with Crippen LogP contribution in [0.25, 0.3) is 0 Å². The van der Waals surface area contributed by atoms with Crippen LogP contribution in [-0.2, 0) is 22.4 Å². The van der Waals surface area contributed by atoms with Crippen molar-refractivity contribution in [1.29, 1.82) is 0 Å². The number of nitrogens with one attached hydrogen (secondary N) is 2. The molecule has 23 heavy (non-hydrogen) atoms. The number of halogens is 1. The molecule has 0 saturated heterocycles. The second kappa shape index (κ2) is 8.34. The van der Waals surface area contributed by atoms with E-state index >= 15 is 0 Å². The molecule has 0 radical (unpaired) electrons. The molecule has 0 saturated carbocycles. The quantitative estimate of drug-likeness (QED) is 0.854. The highest BCUT2D eigenvalue weighted by molar-refractivity contribution is 6.30. The highest BCUT2D eigenvalue weighted by atomic mass is 35.5. The van der Waals surface area contributed by atoms with Gasteiger partial charge in [0.25, 0.3) is 0 Å². The molecule has 0 aliphatic rings. The molecule has 2 amide bonds. The number of aryl methyl sites for hydroxylation is 1. The molecule has 0 atom stereocenters. The van der Waals surface area contributed by atoms with Gasteiger partial charge in [0.2, 0.25) is 11.8 Å². The zero-order valence-electron chi connectivity index (χ0n) is 12.9. The molecule has 0 aliphatic heterocycles. The summed E-state index contributed by atoms with van der Waals surface area (Å²) in [5, 5.41) is 6.06. The molecule has 0 fully saturated rings. The van der Waals surface area contributed by atoms with Gasteiger partial charge in [-0.15, -0.1) is 0 Å². The maximum atomic E-state index is 11.9. The van der Waals surface area contributed by atoms with E-state index in [1.165, 1.54) is 0 Å². The number of carbonyl (C=O) groups excluding carboxylic acids is 2. The lowest BCUT2D eigenvalue weighted by Crippen LogP contribution is -2.33. The van der Waals surface area contributed by atoms with Crippen molar-refractivity contribution in [3.05, 3.63) is 64.7 Å². The van der Waals surface area contributed by atoms with Gasteiger partial charge in [0.05, 0.1) is 13.0 Å². The average molecular weight is 331 g/mol. The molecule has 120 valence electrons. The third-order valence-electron chi connectivity index (χ3n) is 3.40. The van der Waals surface area contributed by atoms with Gasteiger partial charge < -0.3 is 10.6 Å². The van der Waals surface area contributed by atoms with E-state index in [-0.39, 0.29) is 24.8 Å². The summed E-state index contributed by atoms with van der Waals surface area (Å²) in [4.78, 5) is 23.8. The van der Waals surface area contributed by atoms with Crippen LogP contribution < -0.4 is 10.6 Å². The molecule has 2 N–H and O–H groups in total. The van der Waals surface area contributed by atoms with Gasteiger partial charge in [-0.1, -0.05) is 48.9 Å². The van der Waals surface area contributed by atoms with Crippen molar-refractivity contribution in [3.8, 4) is 0 Å². The van der Waals surface area contributed by atoms with E-state index in [0.29, 0.717) is 5.02 Å². The molecule has 2 aromatic carbocycles. The molecule has 2 aromatic rings. The Balaban J connectivity index is 1.82. The first-order chi connectivity index (χ1) is 11.1. The monoisotopic (exact) mass is 330 g/mol. The van der Waals surface area contributed by atoms with E-state index in [9.17, 15) is 9.59 Å². The number of anilines is 1. The maximum absolute atomic E-state index is 11.9. The van der Waals surface area contributed by atoms with Crippen LogP contribution >= 0.6 is 11.6 Å². The lowest BCUT2D eigenvalue weighted by Gasteiger charge is -2.10. The first-order valence-electron chi connectivity index (χ1n) is 7.47. The van der Waals surface area contributed by atoms with Crippen molar-refractivity contribution >= 4 is 29.1 Å². The minimum atomic E-state index is -0.240. The second-order valence-electron chi connectivity index (χ2n) is 5.14. The van der Waals surface area contributed by atoms with Crippen molar-refractivity contribution < 1.29 is 9.59 Å². The van der Waals surface area contributed by atoms with Crippen molar-refractivity contribution in [1.82, 2.24) is 5.32 Å². The predicted octanol–water partition coefficient (Wildman–Crippen LogP) is 3.20. The SMILES string of the molecule is CCc1ccccc1NC(=O)CNC(=O)Cc1ccc(Cl)cc1. The summed E-state index contributed by atoms with van der Waals surface area (Å²) in [5.41, 5.74) is 2.70. The smallest absolute Gasteiger partial charge is 0.243 e. The summed E-state index contributed by atoms with van der Waals surface area (Å²) in [6, 6.07) is 14.7. The van der Waals surface area contributed by atoms with Crippen molar-refractivity contribution in [3.63, 3.8) is 0 Å². The van der Waals surface area contributed by atoms with Crippen LogP contribution in [0.15, 0.2) is 48.5 Å². The van der Waals surface area contributed by atoms with Gasteiger partial charge >= 0.3 is 0 Å². The van der Waals surface area contributed by atoms with Crippen LogP contribution in [0, 0.1) is 0 Å². The van der Waals surface area contributed by atoms with E-state index in [2.05, 4.69) is 10.6 Å². The fourth-order valence-electron chi connectivity index (χ4n) is 2.17. The van der Waals surface area contributed by atoms with Crippen LogP contribution in [-0.4, -0.2) is 18.4 Å². The number of amides is 2. The molecule has 2 rings (SSSR count). The standard InChI is InChI=1S/C18H19ClN2O2/c1-2-14-5-3-4-6-16(14)21-18(23)12-20-17(22)11-13-7-9-15(19)10-8-13/h3-10H,2,11-12H2,1H3,(H,20,22)(H,21,23). The highest BCUT2D eigenvalue weighted by Gasteiger charge is 2.08. The molecule has 0 aromatic heterocycles. The summed E-state index contributed by atoms with van der Waals surface area (Å²) in [6.07, 6.45) is 1.05. The average Bonchev–Trinajstić information content (AvgIpc) is 2.55. The highest BCUT2D eigenvalue weighted by Crippen LogP contribution is 2.15. The molecule has 0 aliphatic carbocycles. The summed E-state index contributed by atoms with van der Waals surface area (Å²) in [6.45, 7) is 1.98. The van der Waals surface area contributed by atoms with Gasteiger partial charge in [0, 0.05) is 10.7 Å². The first kappa shape index (κ1) is 17.0. The summed E-state index contributed by atoms with van der Waals surface area (Å²) in [7, 11) is 0. The third-order valence-corrected chi connectivity index (χ3v) is 3.65. The van der Waals surface area contributed by atoms with Crippen LogP contribution in [0.1, 0.15) is 18.1 Å². The number of para-hydroxylation sites is 1. The molecule has 0 heterocycles. The Kier molecular flexibility index (Phi) is 6.18. The van der Waals surface area contributed by atoms with Gasteiger partial charge in [0.15, 0.2) is 0 Å². The van der Waals surface area contributed by atoms with E-state index in [4.69, 9.17) is 11.6 Å². The Morgan fingerprint density at radius 1 is 1.00 bits per heavy atom.